The van der Waals surface area contributed by atoms with Crippen molar-refractivity contribution in [3.63, 3.8) is 0 Å². The third kappa shape index (κ3) is 6.81. The molecule has 0 aliphatic carbocycles. The molecule has 3 amide bonds. The van der Waals surface area contributed by atoms with E-state index in [0.29, 0.717) is 5.69 Å². The van der Waals surface area contributed by atoms with Crippen molar-refractivity contribution in [1.82, 2.24) is 14.5 Å². The number of aliphatic carboxylic acids is 1. The summed E-state index contributed by atoms with van der Waals surface area (Å²) >= 11 is 5.81. The number of amides is 3. The zero-order valence-corrected chi connectivity index (χ0v) is 23.1. The van der Waals surface area contributed by atoms with E-state index in [1.807, 2.05) is 13.0 Å². The van der Waals surface area contributed by atoms with Crippen molar-refractivity contribution in [3.05, 3.63) is 94.5 Å². The van der Waals surface area contributed by atoms with Gasteiger partial charge in [0.25, 0.3) is 5.91 Å². The molecule has 0 radical (unpaired) electrons. The molecule has 4 rings (SSSR count). The van der Waals surface area contributed by atoms with Gasteiger partial charge in [-0.1, -0.05) is 35.9 Å². The Morgan fingerprint density at radius 3 is 2.39 bits per heavy atom. The summed E-state index contributed by atoms with van der Waals surface area (Å²) in [6.07, 6.45) is -2.37. The number of carboxylic acids is 1. The maximum Gasteiger partial charge on any atom is 0.323 e. The standard InChI is InChI=1S/C27H25ClF2N4O6S/c1-16-3-2-4-19(13-16)31-27(38)33-11-12-34(41(39,40)20-9-10-22(30)21(28)14-20)26(33)25(37)32-23(15-24(35)36)17-5-7-18(29)8-6-17/h2-10,13-14,23,26H,11-12,15H2,1H3,(H,31,38)(H,32,37)(H,35,36). The van der Waals surface area contributed by atoms with Gasteiger partial charge >= 0.3 is 12.0 Å². The number of carbonyl (C=O) groups excluding carboxylic acids is 2. The summed E-state index contributed by atoms with van der Waals surface area (Å²) in [7, 11) is -4.51. The van der Waals surface area contributed by atoms with E-state index in [0.717, 1.165) is 45.1 Å². The van der Waals surface area contributed by atoms with Crippen molar-refractivity contribution in [2.75, 3.05) is 18.4 Å². The van der Waals surface area contributed by atoms with Crippen molar-refractivity contribution in [3.8, 4) is 0 Å². The van der Waals surface area contributed by atoms with Gasteiger partial charge in [-0.15, -0.1) is 0 Å². The molecular weight excluding hydrogens is 582 g/mol. The van der Waals surface area contributed by atoms with Gasteiger partial charge in [-0.25, -0.2) is 22.0 Å². The Labute approximate surface area is 239 Å². The molecule has 2 unspecified atom stereocenters. The summed E-state index contributed by atoms with van der Waals surface area (Å²) in [4.78, 5) is 39.2. The average molecular weight is 607 g/mol. The van der Waals surface area contributed by atoms with Gasteiger partial charge in [-0.3, -0.25) is 14.5 Å². The van der Waals surface area contributed by atoms with E-state index in [4.69, 9.17) is 11.6 Å². The number of aryl methyl sites for hydroxylation is 1. The van der Waals surface area contributed by atoms with E-state index in [2.05, 4.69) is 10.6 Å². The fraction of sp³-hybridized carbons (Fsp3) is 0.222. The first-order valence-corrected chi connectivity index (χ1v) is 14.1. The second-order valence-electron chi connectivity index (χ2n) is 9.27. The van der Waals surface area contributed by atoms with Crippen LogP contribution in [0.4, 0.5) is 19.3 Å². The number of sulfonamides is 1. The van der Waals surface area contributed by atoms with Crippen LogP contribution < -0.4 is 10.6 Å². The monoisotopic (exact) mass is 606 g/mol. The van der Waals surface area contributed by atoms with Crippen LogP contribution in [-0.4, -0.2) is 59.9 Å². The van der Waals surface area contributed by atoms with Gasteiger partial charge in [0.2, 0.25) is 10.0 Å². The minimum atomic E-state index is -4.51. The van der Waals surface area contributed by atoms with E-state index in [9.17, 15) is 36.7 Å². The van der Waals surface area contributed by atoms with Crippen LogP contribution in [0.2, 0.25) is 5.02 Å². The van der Waals surface area contributed by atoms with Gasteiger partial charge in [0.1, 0.15) is 11.6 Å². The molecule has 0 aromatic heterocycles. The predicted octanol–water partition coefficient (Wildman–Crippen LogP) is 4.12. The third-order valence-corrected chi connectivity index (χ3v) is 8.50. The lowest BCUT2D eigenvalue weighted by Gasteiger charge is -2.30. The molecule has 216 valence electrons. The van der Waals surface area contributed by atoms with Crippen molar-refractivity contribution < 1.29 is 36.7 Å². The average Bonchev–Trinajstić information content (AvgIpc) is 3.37. The number of anilines is 1. The summed E-state index contributed by atoms with van der Waals surface area (Å²) in [6.45, 7) is 1.29. The molecule has 10 nitrogen and oxygen atoms in total. The van der Waals surface area contributed by atoms with E-state index in [1.54, 1.807) is 18.2 Å². The fourth-order valence-electron chi connectivity index (χ4n) is 4.40. The van der Waals surface area contributed by atoms with Gasteiger partial charge in [-0.05, 0) is 60.5 Å². The first-order valence-electron chi connectivity index (χ1n) is 12.3. The normalized spacial score (nSPS) is 16.3. The molecule has 0 spiro atoms. The summed E-state index contributed by atoms with van der Waals surface area (Å²) in [5.41, 5.74) is 1.48. The molecular formula is C27H25ClF2N4O6S. The summed E-state index contributed by atoms with van der Waals surface area (Å²) < 4.78 is 55.3. The molecule has 1 saturated heterocycles. The van der Waals surface area contributed by atoms with Gasteiger partial charge in [0.05, 0.1) is 22.4 Å². The predicted molar refractivity (Wildman–Crippen MR) is 146 cm³/mol. The summed E-state index contributed by atoms with van der Waals surface area (Å²) in [6, 6.07) is 12.3. The number of hydrogen-bond donors (Lipinski definition) is 3. The van der Waals surface area contributed by atoms with Gasteiger partial charge < -0.3 is 15.7 Å². The molecule has 3 aromatic carbocycles. The fourth-order valence-corrected chi connectivity index (χ4v) is 6.22. The topological polar surface area (TPSA) is 136 Å². The second kappa shape index (κ2) is 12.2. The lowest BCUT2D eigenvalue weighted by Crippen LogP contribution is -2.55. The molecule has 2 atom stereocenters. The van der Waals surface area contributed by atoms with Crippen LogP contribution in [0.5, 0.6) is 0 Å². The Hall–Kier alpha value is -4.07. The van der Waals surface area contributed by atoms with Crippen molar-refractivity contribution in [1.29, 1.82) is 0 Å². The van der Waals surface area contributed by atoms with Crippen LogP contribution in [0.1, 0.15) is 23.6 Å². The Balaban J connectivity index is 1.71. The number of benzene rings is 3. The number of halogens is 3. The van der Waals surface area contributed by atoms with E-state index >= 15 is 0 Å². The summed E-state index contributed by atoms with van der Waals surface area (Å²) in [5.74, 6) is -3.73. The van der Waals surface area contributed by atoms with Gasteiger partial charge in [0, 0.05) is 18.8 Å². The minimum Gasteiger partial charge on any atom is -0.481 e. The van der Waals surface area contributed by atoms with Crippen LogP contribution in [0.3, 0.4) is 0 Å². The molecule has 1 fully saturated rings. The number of hydrogen-bond acceptors (Lipinski definition) is 5. The SMILES string of the molecule is Cc1cccc(NC(=O)N2CCN(S(=O)(=O)c3ccc(F)c(Cl)c3)C2C(=O)NC(CC(=O)O)c2ccc(F)cc2)c1. The lowest BCUT2D eigenvalue weighted by atomic mass is 10.0. The number of carbonyl (C=O) groups is 3. The molecule has 41 heavy (non-hydrogen) atoms. The number of rotatable bonds is 8. The summed E-state index contributed by atoms with van der Waals surface area (Å²) in [5, 5.41) is 14.1. The first-order chi connectivity index (χ1) is 19.4. The zero-order valence-electron chi connectivity index (χ0n) is 21.6. The highest BCUT2D eigenvalue weighted by Gasteiger charge is 2.47. The molecule has 14 heteroatoms. The number of nitrogens with zero attached hydrogens (tertiary/aromatic N) is 2. The quantitative estimate of drug-likeness (QED) is 0.353. The number of urea groups is 1. The molecule has 1 aliphatic rings. The maximum atomic E-state index is 13.8. The maximum absolute atomic E-state index is 13.8. The minimum absolute atomic E-state index is 0.204. The molecule has 3 aromatic rings. The number of carboxylic acid groups (broad SMARTS) is 1. The molecule has 1 heterocycles. The highest BCUT2D eigenvalue weighted by molar-refractivity contribution is 7.89. The Kier molecular flexibility index (Phi) is 8.90. The van der Waals surface area contributed by atoms with Crippen LogP contribution in [0.25, 0.3) is 0 Å². The Morgan fingerprint density at radius 2 is 1.76 bits per heavy atom. The molecule has 1 aliphatic heterocycles. The second-order valence-corrected chi connectivity index (χ2v) is 11.6. The van der Waals surface area contributed by atoms with Gasteiger partial charge in [0.15, 0.2) is 6.17 Å². The highest BCUT2D eigenvalue weighted by atomic mass is 35.5. The largest absolute Gasteiger partial charge is 0.481 e. The van der Waals surface area contributed by atoms with E-state index < -0.39 is 68.1 Å². The smallest absolute Gasteiger partial charge is 0.323 e. The molecule has 3 N–H and O–H groups in total. The van der Waals surface area contributed by atoms with Gasteiger partial charge in [-0.2, -0.15) is 4.31 Å². The van der Waals surface area contributed by atoms with Crippen molar-refractivity contribution in [2.45, 2.75) is 30.4 Å². The van der Waals surface area contributed by atoms with Crippen LogP contribution >= 0.6 is 11.6 Å². The van der Waals surface area contributed by atoms with Crippen molar-refractivity contribution in [2.24, 2.45) is 0 Å². The Bertz CT molecular complexity index is 1590. The molecule has 0 saturated carbocycles. The molecule has 0 bridgehead atoms. The Morgan fingerprint density at radius 1 is 1.05 bits per heavy atom. The zero-order chi connectivity index (χ0) is 29.9. The van der Waals surface area contributed by atoms with Crippen LogP contribution in [0, 0.1) is 18.6 Å². The first kappa shape index (κ1) is 29.9. The van der Waals surface area contributed by atoms with Crippen LogP contribution in [-0.2, 0) is 19.6 Å². The van der Waals surface area contributed by atoms with Crippen molar-refractivity contribution >= 4 is 45.2 Å². The third-order valence-electron chi connectivity index (χ3n) is 6.36. The number of nitrogens with one attached hydrogen (secondary N) is 2. The van der Waals surface area contributed by atoms with E-state index in [-0.39, 0.29) is 18.7 Å². The lowest BCUT2D eigenvalue weighted by molar-refractivity contribution is -0.138. The highest BCUT2D eigenvalue weighted by Crippen LogP contribution is 2.29. The van der Waals surface area contributed by atoms with Crippen LogP contribution in [0.15, 0.2) is 71.6 Å². The van der Waals surface area contributed by atoms with E-state index in [1.165, 1.54) is 12.1 Å².